The Kier molecular flexibility index (Phi) is 7.01. The van der Waals surface area contributed by atoms with E-state index in [-0.39, 0.29) is 0 Å². The molecule has 0 unspecified atom stereocenters. The van der Waals surface area contributed by atoms with Gasteiger partial charge in [0.05, 0.1) is 6.54 Å². The van der Waals surface area contributed by atoms with Crippen molar-refractivity contribution in [2.75, 3.05) is 0 Å². The lowest BCUT2D eigenvalue weighted by molar-refractivity contribution is 0.801. The number of hydrogen-bond acceptors (Lipinski definition) is 2. The molecule has 1 N–H and O–H groups in total. The molecule has 0 aliphatic carbocycles. The Morgan fingerprint density at radius 3 is 1.70 bits per heavy atom. The van der Waals surface area contributed by atoms with E-state index < -0.39 is 0 Å². The van der Waals surface area contributed by atoms with Gasteiger partial charge in [-0.25, -0.2) is 0 Å². The van der Waals surface area contributed by atoms with Crippen LogP contribution in [-0.4, -0.2) is 5.71 Å². The van der Waals surface area contributed by atoms with Crippen LogP contribution in [0.4, 0.5) is 0 Å². The van der Waals surface area contributed by atoms with Gasteiger partial charge in [-0.2, -0.15) is 0 Å². The standard InChI is InChI=1S/C25H34N2/c1-16-9-18(3)24(19(4)10-16)14-26-22(7)13-23(8)27-15-25-20(5)11-17(2)12-21(25)6/h9-13,26H,14-15H2,1-8H3/b22-13-,27-23?. The molecule has 0 fully saturated rings. The number of aliphatic imine (C=N–C) groups is 1. The smallest absolute Gasteiger partial charge is 0.0648 e. The van der Waals surface area contributed by atoms with Crippen LogP contribution < -0.4 is 5.32 Å². The number of aryl methyl sites for hydroxylation is 6. The monoisotopic (exact) mass is 362 g/mol. The van der Waals surface area contributed by atoms with E-state index in [0.717, 1.165) is 24.5 Å². The fourth-order valence-electron chi connectivity index (χ4n) is 3.79. The minimum atomic E-state index is 0.740. The van der Waals surface area contributed by atoms with Crippen molar-refractivity contribution < 1.29 is 0 Å². The Morgan fingerprint density at radius 2 is 1.22 bits per heavy atom. The highest BCUT2D eigenvalue weighted by molar-refractivity contribution is 5.93. The Hall–Kier alpha value is -2.35. The molecule has 0 bridgehead atoms. The third-order valence-corrected chi connectivity index (χ3v) is 5.14. The molecule has 0 aliphatic rings. The lowest BCUT2D eigenvalue weighted by Gasteiger charge is -2.13. The molecule has 2 rings (SSSR count). The number of hydrogen-bond donors (Lipinski definition) is 1. The normalized spacial score (nSPS) is 12.4. The van der Waals surface area contributed by atoms with Crippen LogP contribution >= 0.6 is 0 Å². The number of nitrogens with zero attached hydrogens (tertiary/aromatic N) is 1. The van der Waals surface area contributed by atoms with Gasteiger partial charge >= 0.3 is 0 Å². The fraction of sp³-hybridized carbons (Fsp3) is 0.400. The van der Waals surface area contributed by atoms with Gasteiger partial charge < -0.3 is 5.32 Å². The summed E-state index contributed by atoms with van der Waals surface area (Å²) in [4.78, 5) is 4.79. The second-order valence-electron chi connectivity index (χ2n) is 7.89. The van der Waals surface area contributed by atoms with Crippen LogP contribution in [-0.2, 0) is 13.1 Å². The zero-order chi connectivity index (χ0) is 20.1. The first-order chi connectivity index (χ1) is 12.7. The van der Waals surface area contributed by atoms with Crippen molar-refractivity contribution in [3.63, 3.8) is 0 Å². The average molecular weight is 363 g/mol. The van der Waals surface area contributed by atoms with E-state index in [1.54, 1.807) is 0 Å². The van der Waals surface area contributed by atoms with E-state index in [0.29, 0.717) is 0 Å². The Labute approximate surface area is 165 Å². The van der Waals surface area contributed by atoms with E-state index in [1.807, 2.05) is 0 Å². The molecule has 0 radical (unpaired) electrons. The molecule has 0 spiro atoms. The molecule has 0 aromatic heterocycles. The second-order valence-corrected chi connectivity index (χ2v) is 7.89. The molecular formula is C25H34N2. The van der Waals surface area contributed by atoms with Crippen molar-refractivity contribution in [1.82, 2.24) is 5.32 Å². The minimum Gasteiger partial charge on any atom is -0.384 e. The molecule has 0 atom stereocenters. The van der Waals surface area contributed by atoms with Crippen LogP contribution in [0.3, 0.4) is 0 Å². The molecule has 0 saturated heterocycles. The van der Waals surface area contributed by atoms with Crippen LogP contribution in [0.5, 0.6) is 0 Å². The van der Waals surface area contributed by atoms with Gasteiger partial charge in [0.1, 0.15) is 0 Å². The lowest BCUT2D eigenvalue weighted by atomic mass is 10.00. The maximum atomic E-state index is 4.79. The van der Waals surface area contributed by atoms with Gasteiger partial charge in [0.2, 0.25) is 0 Å². The average Bonchev–Trinajstić information content (AvgIpc) is 2.52. The highest BCUT2D eigenvalue weighted by Gasteiger charge is 2.05. The molecule has 2 heteroatoms. The summed E-state index contributed by atoms with van der Waals surface area (Å²) in [5, 5.41) is 3.54. The number of rotatable bonds is 6. The number of benzene rings is 2. The lowest BCUT2D eigenvalue weighted by Crippen LogP contribution is -2.13. The molecule has 2 nitrogen and oxygen atoms in total. The first kappa shape index (κ1) is 21.0. The van der Waals surface area contributed by atoms with Crippen molar-refractivity contribution in [2.24, 2.45) is 4.99 Å². The van der Waals surface area contributed by atoms with E-state index in [4.69, 9.17) is 4.99 Å². The fourth-order valence-corrected chi connectivity index (χ4v) is 3.79. The number of allylic oxidation sites excluding steroid dienone is 2. The SMILES string of the molecule is CC(/C=C(/C)NCc1c(C)cc(C)cc1C)=NCc1c(C)cc(C)cc1C. The first-order valence-electron chi connectivity index (χ1n) is 9.74. The van der Waals surface area contributed by atoms with Gasteiger partial charge in [0, 0.05) is 18.0 Å². The summed E-state index contributed by atoms with van der Waals surface area (Å²) in [6, 6.07) is 8.98. The van der Waals surface area contributed by atoms with E-state index in [1.165, 1.54) is 44.5 Å². The van der Waals surface area contributed by atoms with Crippen molar-refractivity contribution >= 4 is 5.71 Å². The Morgan fingerprint density at radius 1 is 0.778 bits per heavy atom. The largest absolute Gasteiger partial charge is 0.384 e. The van der Waals surface area contributed by atoms with Crippen molar-refractivity contribution in [1.29, 1.82) is 0 Å². The molecule has 144 valence electrons. The number of nitrogens with one attached hydrogen (secondary N) is 1. The topological polar surface area (TPSA) is 24.4 Å². The Bertz CT molecular complexity index is 839. The predicted molar refractivity (Wildman–Crippen MR) is 119 cm³/mol. The van der Waals surface area contributed by atoms with Crippen LogP contribution in [0, 0.1) is 41.5 Å². The summed E-state index contributed by atoms with van der Waals surface area (Å²) in [6.45, 7) is 18.8. The predicted octanol–water partition coefficient (Wildman–Crippen LogP) is 6.19. The van der Waals surface area contributed by atoms with Gasteiger partial charge in [0.25, 0.3) is 0 Å². The highest BCUT2D eigenvalue weighted by Crippen LogP contribution is 2.18. The summed E-state index contributed by atoms with van der Waals surface area (Å²) in [5.41, 5.74) is 12.9. The van der Waals surface area contributed by atoms with Gasteiger partial charge in [-0.15, -0.1) is 0 Å². The second kappa shape index (κ2) is 9.03. The third kappa shape index (κ3) is 5.82. The van der Waals surface area contributed by atoms with Crippen molar-refractivity contribution in [3.05, 3.63) is 80.5 Å². The summed E-state index contributed by atoms with van der Waals surface area (Å²) >= 11 is 0. The van der Waals surface area contributed by atoms with E-state index in [2.05, 4.69) is 91.0 Å². The molecule has 2 aromatic rings. The molecule has 0 heterocycles. The van der Waals surface area contributed by atoms with Crippen molar-refractivity contribution in [3.8, 4) is 0 Å². The quantitative estimate of drug-likeness (QED) is 0.609. The van der Waals surface area contributed by atoms with Gasteiger partial charge in [-0.05, 0) is 94.8 Å². The Balaban J connectivity index is 2.04. The first-order valence-corrected chi connectivity index (χ1v) is 9.74. The van der Waals surface area contributed by atoms with Gasteiger partial charge in [-0.1, -0.05) is 35.4 Å². The van der Waals surface area contributed by atoms with Crippen LogP contribution in [0.1, 0.15) is 58.4 Å². The summed E-state index contributed by atoms with van der Waals surface area (Å²) in [6.07, 6.45) is 2.14. The van der Waals surface area contributed by atoms with Crippen LogP contribution in [0.25, 0.3) is 0 Å². The molecular weight excluding hydrogens is 328 g/mol. The van der Waals surface area contributed by atoms with Crippen molar-refractivity contribution in [2.45, 2.75) is 68.5 Å². The van der Waals surface area contributed by atoms with Crippen LogP contribution in [0.2, 0.25) is 0 Å². The van der Waals surface area contributed by atoms with Gasteiger partial charge in [-0.3, -0.25) is 4.99 Å². The zero-order valence-corrected chi connectivity index (χ0v) is 18.2. The van der Waals surface area contributed by atoms with Gasteiger partial charge in [0.15, 0.2) is 0 Å². The summed E-state index contributed by atoms with van der Waals surface area (Å²) in [5.74, 6) is 0. The summed E-state index contributed by atoms with van der Waals surface area (Å²) < 4.78 is 0. The minimum absolute atomic E-state index is 0.740. The molecule has 0 aliphatic heterocycles. The van der Waals surface area contributed by atoms with E-state index in [9.17, 15) is 0 Å². The maximum Gasteiger partial charge on any atom is 0.0648 e. The van der Waals surface area contributed by atoms with Crippen LogP contribution in [0.15, 0.2) is 41.0 Å². The molecule has 0 amide bonds. The molecule has 0 saturated carbocycles. The maximum absolute atomic E-state index is 4.79. The molecule has 27 heavy (non-hydrogen) atoms. The molecule has 2 aromatic carbocycles. The third-order valence-electron chi connectivity index (χ3n) is 5.14. The zero-order valence-electron chi connectivity index (χ0n) is 18.2. The summed E-state index contributed by atoms with van der Waals surface area (Å²) in [7, 11) is 0. The van der Waals surface area contributed by atoms with E-state index >= 15 is 0 Å². The highest BCUT2D eigenvalue weighted by atomic mass is 14.9.